The summed E-state index contributed by atoms with van der Waals surface area (Å²) in [4.78, 5) is 0. The first-order valence-corrected chi connectivity index (χ1v) is 6.27. The number of furan rings is 1. The molecular formula is C14H11BrO3. The quantitative estimate of drug-likeness (QED) is 0.704. The molecular weight excluding hydrogens is 296 g/mol. The number of hydrogen-bond acceptors (Lipinski definition) is 3. The molecule has 0 fully saturated rings. The third-order valence-corrected chi connectivity index (χ3v) is 3.57. The zero-order valence-corrected chi connectivity index (χ0v) is 11.6. The van der Waals surface area contributed by atoms with E-state index in [4.69, 9.17) is 13.9 Å². The maximum absolute atomic E-state index is 5.86. The SMILES string of the molecule is COc1cc(Br)c2c(oc3ccccc32)c1OC. The molecule has 3 aromatic rings. The van der Waals surface area contributed by atoms with Crippen LogP contribution < -0.4 is 9.47 Å². The van der Waals surface area contributed by atoms with E-state index in [1.165, 1.54) is 0 Å². The van der Waals surface area contributed by atoms with Crippen LogP contribution in [0.15, 0.2) is 39.2 Å². The Hall–Kier alpha value is -1.68. The van der Waals surface area contributed by atoms with E-state index in [2.05, 4.69) is 15.9 Å². The molecule has 3 nitrogen and oxygen atoms in total. The minimum atomic E-state index is 0.618. The summed E-state index contributed by atoms with van der Waals surface area (Å²) in [5.41, 5.74) is 1.53. The molecule has 0 bridgehead atoms. The molecule has 0 saturated heterocycles. The summed E-state index contributed by atoms with van der Waals surface area (Å²) >= 11 is 3.56. The van der Waals surface area contributed by atoms with Crippen molar-refractivity contribution in [3.05, 3.63) is 34.8 Å². The van der Waals surface area contributed by atoms with E-state index in [1.807, 2.05) is 30.3 Å². The summed E-state index contributed by atoms with van der Waals surface area (Å²) in [6.07, 6.45) is 0. The predicted octanol–water partition coefficient (Wildman–Crippen LogP) is 4.37. The molecule has 0 amide bonds. The van der Waals surface area contributed by atoms with E-state index in [0.717, 1.165) is 20.8 Å². The van der Waals surface area contributed by atoms with Gasteiger partial charge in [0, 0.05) is 15.2 Å². The summed E-state index contributed by atoms with van der Waals surface area (Å²) in [7, 11) is 3.22. The molecule has 0 unspecified atom stereocenters. The summed E-state index contributed by atoms with van der Waals surface area (Å²) in [6.45, 7) is 0. The highest BCUT2D eigenvalue weighted by Gasteiger charge is 2.18. The normalized spacial score (nSPS) is 11.1. The van der Waals surface area contributed by atoms with Crippen molar-refractivity contribution < 1.29 is 13.9 Å². The van der Waals surface area contributed by atoms with Gasteiger partial charge in [0.05, 0.1) is 14.2 Å². The van der Waals surface area contributed by atoms with Gasteiger partial charge in [-0.3, -0.25) is 0 Å². The topological polar surface area (TPSA) is 31.6 Å². The van der Waals surface area contributed by atoms with Gasteiger partial charge in [0.2, 0.25) is 5.75 Å². The molecule has 1 heterocycles. The Bertz CT molecular complexity index is 731. The fourth-order valence-electron chi connectivity index (χ4n) is 2.15. The van der Waals surface area contributed by atoms with E-state index in [1.54, 1.807) is 14.2 Å². The maximum Gasteiger partial charge on any atom is 0.204 e. The van der Waals surface area contributed by atoms with Gasteiger partial charge in [0.15, 0.2) is 11.3 Å². The van der Waals surface area contributed by atoms with Gasteiger partial charge in [-0.05, 0) is 28.1 Å². The van der Waals surface area contributed by atoms with Crippen molar-refractivity contribution in [3.63, 3.8) is 0 Å². The van der Waals surface area contributed by atoms with Gasteiger partial charge in [0.25, 0.3) is 0 Å². The van der Waals surface area contributed by atoms with Crippen molar-refractivity contribution in [1.82, 2.24) is 0 Å². The first-order chi connectivity index (χ1) is 8.76. The number of halogens is 1. The Morgan fingerprint density at radius 3 is 2.61 bits per heavy atom. The summed E-state index contributed by atoms with van der Waals surface area (Å²) < 4.78 is 17.5. The van der Waals surface area contributed by atoms with Gasteiger partial charge < -0.3 is 13.9 Å². The highest BCUT2D eigenvalue weighted by molar-refractivity contribution is 9.10. The minimum Gasteiger partial charge on any atom is -0.493 e. The molecule has 0 radical (unpaired) electrons. The maximum atomic E-state index is 5.86. The van der Waals surface area contributed by atoms with Gasteiger partial charge in [-0.1, -0.05) is 18.2 Å². The zero-order chi connectivity index (χ0) is 12.7. The molecule has 4 heteroatoms. The minimum absolute atomic E-state index is 0.618. The number of fused-ring (bicyclic) bond motifs is 3. The van der Waals surface area contributed by atoms with Crippen LogP contribution in [-0.2, 0) is 0 Å². The molecule has 0 aliphatic carbocycles. The Morgan fingerprint density at radius 1 is 1.11 bits per heavy atom. The fourth-order valence-corrected chi connectivity index (χ4v) is 2.75. The van der Waals surface area contributed by atoms with Gasteiger partial charge in [-0.2, -0.15) is 0 Å². The lowest BCUT2D eigenvalue weighted by Gasteiger charge is -2.08. The van der Waals surface area contributed by atoms with E-state index >= 15 is 0 Å². The Labute approximate surface area is 112 Å². The zero-order valence-electron chi connectivity index (χ0n) is 9.99. The van der Waals surface area contributed by atoms with E-state index < -0.39 is 0 Å². The number of hydrogen-bond donors (Lipinski definition) is 0. The molecule has 0 aliphatic rings. The Balaban J connectivity index is 2.53. The third kappa shape index (κ3) is 1.49. The van der Waals surface area contributed by atoms with Crippen LogP contribution in [0.2, 0.25) is 0 Å². The molecule has 0 N–H and O–H groups in total. The van der Waals surface area contributed by atoms with Crippen LogP contribution >= 0.6 is 15.9 Å². The molecule has 0 saturated carbocycles. The summed E-state index contributed by atoms with van der Waals surface area (Å²) in [5, 5.41) is 2.06. The van der Waals surface area contributed by atoms with Gasteiger partial charge in [-0.25, -0.2) is 0 Å². The lowest BCUT2D eigenvalue weighted by Crippen LogP contribution is -1.91. The average Bonchev–Trinajstić information content (AvgIpc) is 2.78. The van der Waals surface area contributed by atoms with Crippen molar-refractivity contribution in [2.75, 3.05) is 14.2 Å². The van der Waals surface area contributed by atoms with Crippen molar-refractivity contribution in [1.29, 1.82) is 0 Å². The number of para-hydroxylation sites is 1. The van der Waals surface area contributed by atoms with Crippen LogP contribution in [-0.4, -0.2) is 14.2 Å². The highest BCUT2D eigenvalue weighted by atomic mass is 79.9. The monoisotopic (exact) mass is 306 g/mol. The molecule has 2 aromatic carbocycles. The van der Waals surface area contributed by atoms with E-state index in [9.17, 15) is 0 Å². The molecule has 0 spiro atoms. The summed E-state index contributed by atoms with van der Waals surface area (Å²) in [5.74, 6) is 1.27. The smallest absolute Gasteiger partial charge is 0.204 e. The van der Waals surface area contributed by atoms with Crippen LogP contribution in [0.5, 0.6) is 11.5 Å². The molecule has 18 heavy (non-hydrogen) atoms. The molecule has 92 valence electrons. The van der Waals surface area contributed by atoms with Gasteiger partial charge >= 0.3 is 0 Å². The second-order valence-electron chi connectivity index (χ2n) is 3.90. The van der Waals surface area contributed by atoms with E-state index in [0.29, 0.717) is 17.1 Å². The first kappa shape index (κ1) is 11.4. The lowest BCUT2D eigenvalue weighted by molar-refractivity contribution is 0.354. The molecule has 0 aliphatic heterocycles. The fraction of sp³-hybridized carbons (Fsp3) is 0.143. The predicted molar refractivity (Wildman–Crippen MR) is 74.5 cm³/mol. The van der Waals surface area contributed by atoms with Crippen LogP contribution in [0.4, 0.5) is 0 Å². The second kappa shape index (κ2) is 4.21. The largest absolute Gasteiger partial charge is 0.493 e. The van der Waals surface area contributed by atoms with Crippen LogP contribution in [0.25, 0.3) is 21.9 Å². The number of methoxy groups -OCH3 is 2. The van der Waals surface area contributed by atoms with Gasteiger partial charge in [-0.15, -0.1) is 0 Å². The second-order valence-corrected chi connectivity index (χ2v) is 4.75. The number of rotatable bonds is 2. The van der Waals surface area contributed by atoms with Crippen LogP contribution in [0, 0.1) is 0 Å². The van der Waals surface area contributed by atoms with Crippen LogP contribution in [0.3, 0.4) is 0 Å². The van der Waals surface area contributed by atoms with Crippen molar-refractivity contribution >= 4 is 37.9 Å². The van der Waals surface area contributed by atoms with Crippen molar-refractivity contribution in [3.8, 4) is 11.5 Å². The van der Waals surface area contributed by atoms with Crippen molar-refractivity contribution in [2.24, 2.45) is 0 Å². The van der Waals surface area contributed by atoms with E-state index in [-0.39, 0.29) is 0 Å². The Kier molecular flexibility index (Phi) is 2.67. The average molecular weight is 307 g/mol. The standard InChI is InChI=1S/C14H11BrO3/c1-16-11-7-9(15)12-8-5-3-4-6-10(8)18-14(12)13(11)17-2/h3-7H,1-2H3. The number of ether oxygens (including phenoxy) is 2. The third-order valence-electron chi connectivity index (χ3n) is 2.95. The molecule has 1 aromatic heterocycles. The van der Waals surface area contributed by atoms with Crippen molar-refractivity contribution in [2.45, 2.75) is 0 Å². The highest BCUT2D eigenvalue weighted by Crippen LogP contribution is 2.44. The van der Waals surface area contributed by atoms with Gasteiger partial charge in [0.1, 0.15) is 5.58 Å². The Morgan fingerprint density at radius 2 is 1.89 bits per heavy atom. The lowest BCUT2D eigenvalue weighted by atomic mass is 10.1. The molecule has 3 rings (SSSR count). The summed E-state index contributed by atoms with van der Waals surface area (Å²) in [6, 6.07) is 9.79. The number of benzene rings is 2. The van der Waals surface area contributed by atoms with Crippen LogP contribution in [0.1, 0.15) is 0 Å². The molecule has 0 atom stereocenters. The first-order valence-electron chi connectivity index (χ1n) is 5.48.